The van der Waals surface area contributed by atoms with Crippen molar-refractivity contribution in [3.63, 3.8) is 0 Å². The predicted octanol–water partition coefficient (Wildman–Crippen LogP) is 2.24. The average molecular weight is 479 g/mol. The van der Waals surface area contributed by atoms with Crippen LogP contribution in [0.1, 0.15) is 45.4 Å². The van der Waals surface area contributed by atoms with Gasteiger partial charge in [-0.3, -0.25) is 14.7 Å². The molecular formula is C19H38IN5O. The molecule has 152 valence electrons. The molecule has 1 N–H and O–H groups in total. The first-order chi connectivity index (χ1) is 11.9. The molecule has 0 aromatic carbocycles. The van der Waals surface area contributed by atoms with E-state index in [0.29, 0.717) is 12.6 Å². The Morgan fingerprint density at radius 2 is 1.88 bits per heavy atom. The molecule has 2 aliphatic rings. The van der Waals surface area contributed by atoms with Gasteiger partial charge in [-0.2, -0.15) is 0 Å². The normalized spacial score (nSPS) is 22.8. The maximum absolute atomic E-state index is 12.7. The third-order valence-electron chi connectivity index (χ3n) is 5.97. The van der Waals surface area contributed by atoms with Gasteiger partial charge in [-0.25, -0.2) is 0 Å². The zero-order valence-corrected chi connectivity index (χ0v) is 19.6. The number of carbonyl (C=O) groups is 1. The lowest BCUT2D eigenvalue weighted by Gasteiger charge is -2.34. The number of nitrogens with zero attached hydrogens (tertiary/aromatic N) is 4. The molecule has 2 fully saturated rings. The number of likely N-dealkylation sites (N-methyl/N-ethyl adjacent to an activating group) is 2. The van der Waals surface area contributed by atoms with Crippen LogP contribution in [0.4, 0.5) is 0 Å². The van der Waals surface area contributed by atoms with E-state index in [4.69, 9.17) is 0 Å². The lowest BCUT2D eigenvalue weighted by Crippen LogP contribution is -2.51. The van der Waals surface area contributed by atoms with Crippen LogP contribution in [0.3, 0.4) is 0 Å². The van der Waals surface area contributed by atoms with Crippen LogP contribution in [0.5, 0.6) is 0 Å². The fourth-order valence-electron chi connectivity index (χ4n) is 4.55. The highest BCUT2D eigenvalue weighted by molar-refractivity contribution is 14.0. The number of hydrogen-bond donors (Lipinski definition) is 1. The van der Waals surface area contributed by atoms with E-state index in [1.807, 2.05) is 21.1 Å². The van der Waals surface area contributed by atoms with Crippen LogP contribution < -0.4 is 5.32 Å². The number of aliphatic imine (C=N–C) groups is 1. The summed E-state index contributed by atoms with van der Waals surface area (Å²) in [4.78, 5) is 23.7. The summed E-state index contributed by atoms with van der Waals surface area (Å²) in [5, 5.41) is 3.50. The first-order valence-corrected chi connectivity index (χ1v) is 9.81. The maximum atomic E-state index is 12.7. The van der Waals surface area contributed by atoms with Crippen LogP contribution in [-0.2, 0) is 4.79 Å². The van der Waals surface area contributed by atoms with Crippen LogP contribution in [-0.4, -0.2) is 87.0 Å². The molecule has 1 saturated carbocycles. The second-order valence-corrected chi connectivity index (χ2v) is 7.89. The summed E-state index contributed by atoms with van der Waals surface area (Å²) in [6, 6.07) is 0.609. The zero-order chi connectivity index (χ0) is 18.4. The molecule has 1 atom stereocenters. The minimum Gasteiger partial charge on any atom is -0.355 e. The summed E-state index contributed by atoms with van der Waals surface area (Å²) < 4.78 is 0. The van der Waals surface area contributed by atoms with Gasteiger partial charge in [0.05, 0.1) is 5.41 Å². The van der Waals surface area contributed by atoms with Crippen molar-refractivity contribution >= 4 is 35.8 Å². The fraction of sp³-hybridized carbons (Fsp3) is 0.895. The molecular weight excluding hydrogens is 441 g/mol. The van der Waals surface area contributed by atoms with Crippen molar-refractivity contribution in [1.29, 1.82) is 0 Å². The standard InChI is InChI=1S/C19H37N5O.HI/c1-6-24-13-9-10-16(24)14-23(5)18(20-2)21-15-19(11-7-8-12-19)17(25)22(3)4;/h16H,6-15H2,1-5H3,(H,20,21);1H. The molecule has 1 amide bonds. The van der Waals surface area contributed by atoms with E-state index >= 15 is 0 Å². The predicted molar refractivity (Wildman–Crippen MR) is 119 cm³/mol. The topological polar surface area (TPSA) is 51.2 Å². The second-order valence-electron chi connectivity index (χ2n) is 7.89. The van der Waals surface area contributed by atoms with Crippen molar-refractivity contribution in [3.05, 3.63) is 0 Å². The highest BCUT2D eigenvalue weighted by Crippen LogP contribution is 2.38. The summed E-state index contributed by atoms with van der Waals surface area (Å²) >= 11 is 0. The Bertz CT molecular complexity index is 477. The summed E-state index contributed by atoms with van der Waals surface area (Å²) in [5.41, 5.74) is -0.261. The number of rotatable bonds is 6. The molecule has 1 unspecified atom stereocenters. The Labute approximate surface area is 176 Å². The van der Waals surface area contributed by atoms with Crippen LogP contribution in [0.25, 0.3) is 0 Å². The highest BCUT2D eigenvalue weighted by atomic mass is 127. The van der Waals surface area contributed by atoms with Gasteiger partial charge >= 0.3 is 0 Å². The van der Waals surface area contributed by atoms with E-state index in [0.717, 1.165) is 44.7 Å². The van der Waals surface area contributed by atoms with E-state index in [-0.39, 0.29) is 35.3 Å². The van der Waals surface area contributed by atoms with Crippen LogP contribution in [0.15, 0.2) is 4.99 Å². The van der Waals surface area contributed by atoms with Crippen LogP contribution in [0.2, 0.25) is 0 Å². The number of amides is 1. The minimum absolute atomic E-state index is 0. The smallest absolute Gasteiger partial charge is 0.230 e. The molecule has 6 nitrogen and oxygen atoms in total. The zero-order valence-electron chi connectivity index (χ0n) is 17.3. The number of likely N-dealkylation sites (tertiary alicyclic amines) is 1. The van der Waals surface area contributed by atoms with E-state index in [2.05, 4.69) is 34.1 Å². The summed E-state index contributed by atoms with van der Waals surface area (Å²) in [7, 11) is 7.67. The highest BCUT2D eigenvalue weighted by Gasteiger charge is 2.42. The number of hydrogen-bond acceptors (Lipinski definition) is 3. The van der Waals surface area contributed by atoms with E-state index in [1.54, 1.807) is 4.90 Å². The SMILES string of the molecule is CCN1CCCC1CN(C)C(=NC)NCC1(C(=O)N(C)C)CCCC1.I. The Hall–Kier alpha value is -0.570. The Kier molecular flexibility index (Phi) is 9.64. The van der Waals surface area contributed by atoms with Gasteiger partial charge in [0, 0.05) is 47.3 Å². The first kappa shape index (κ1) is 23.5. The third kappa shape index (κ3) is 5.47. The summed E-state index contributed by atoms with van der Waals surface area (Å²) in [6.07, 6.45) is 6.79. The fourth-order valence-corrected chi connectivity index (χ4v) is 4.55. The summed E-state index contributed by atoms with van der Waals surface area (Å²) in [5.74, 6) is 1.16. The van der Waals surface area contributed by atoms with Gasteiger partial charge in [-0.1, -0.05) is 19.8 Å². The molecule has 1 saturated heterocycles. The lowest BCUT2D eigenvalue weighted by atomic mass is 9.84. The Balaban J connectivity index is 0.00000338. The summed E-state index contributed by atoms with van der Waals surface area (Å²) in [6.45, 7) is 6.24. The first-order valence-electron chi connectivity index (χ1n) is 9.81. The van der Waals surface area contributed by atoms with Crippen LogP contribution in [0, 0.1) is 5.41 Å². The number of carbonyl (C=O) groups excluding carboxylic acids is 1. The van der Waals surface area contributed by atoms with Gasteiger partial charge in [0.2, 0.25) is 5.91 Å². The quantitative estimate of drug-likeness (QED) is 0.361. The van der Waals surface area contributed by atoms with Crippen molar-refractivity contribution < 1.29 is 4.79 Å². The molecule has 1 aliphatic heterocycles. The minimum atomic E-state index is -0.261. The van der Waals surface area contributed by atoms with Crippen molar-refractivity contribution in [3.8, 4) is 0 Å². The molecule has 1 heterocycles. The maximum Gasteiger partial charge on any atom is 0.230 e. The molecule has 1 aliphatic carbocycles. The van der Waals surface area contributed by atoms with Gasteiger partial charge in [-0.15, -0.1) is 24.0 Å². The van der Waals surface area contributed by atoms with Gasteiger partial charge < -0.3 is 15.1 Å². The van der Waals surface area contributed by atoms with Gasteiger partial charge in [-0.05, 0) is 38.8 Å². The molecule has 7 heteroatoms. The molecule has 26 heavy (non-hydrogen) atoms. The van der Waals surface area contributed by atoms with Gasteiger partial charge in [0.15, 0.2) is 5.96 Å². The number of halogens is 1. The van der Waals surface area contributed by atoms with Gasteiger partial charge in [0.25, 0.3) is 0 Å². The Morgan fingerprint density at radius 3 is 2.42 bits per heavy atom. The third-order valence-corrected chi connectivity index (χ3v) is 5.97. The lowest BCUT2D eigenvalue weighted by molar-refractivity contribution is -0.138. The number of nitrogens with one attached hydrogen (secondary N) is 1. The van der Waals surface area contributed by atoms with Crippen molar-refractivity contribution in [2.75, 3.05) is 54.4 Å². The van der Waals surface area contributed by atoms with Crippen molar-refractivity contribution in [2.45, 2.75) is 51.5 Å². The van der Waals surface area contributed by atoms with Crippen molar-refractivity contribution in [1.82, 2.24) is 20.0 Å². The molecule has 0 bridgehead atoms. The molecule has 2 rings (SSSR count). The van der Waals surface area contributed by atoms with E-state index < -0.39 is 0 Å². The molecule has 0 aromatic heterocycles. The van der Waals surface area contributed by atoms with E-state index in [1.165, 1.54) is 19.4 Å². The van der Waals surface area contributed by atoms with E-state index in [9.17, 15) is 4.79 Å². The van der Waals surface area contributed by atoms with Crippen molar-refractivity contribution in [2.24, 2.45) is 10.4 Å². The second kappa shape index (κ2) is 10.7. The monoisotopic (exact) mass is 479 g/mol. The largest absolute Gasteiger partial charge is 0.355 e. The average Bonchev–Trinajstić information content (AvgIpc) is 3.24. The van der Waals surface area contributed by atoms with Gasteiger partial charge in [0.1, 0.15) is 0 Å². The van der Waals surface area contributed by atoms with Crippen LogP contribution >= 0.6 is 24.0 Å². The Morgan fingerprint density at radius 1 is 1.23 bits per heavy atom. The number of guanidine groups is 1. The molecule has 0 radical (unpaired) electrons. The molecule has 0 spiro atoms. The molecule has 0 aromatic rings.